The van der Waals surface area contributed by atoms with Crippen molar-refractivity contribution in [3.05, 3.63) is 0 Å². The third-order valence-corrected chi connectivity index (χ3v) is 4.69. The van der Waals surface area contributed by atoms with E-state index in [1.54, 1.807) is 11.8 Å². The molecule has 0 bridgehead atoms. The first-order valence-electron chi connectivity index (χ1n) is 7.73. The van der Waals surface area contributed by atoms with E-state index in [2.05, 4.69) is 5.32 Å². The highest BCUT2D eigenvalue weighted by Gasteiger charge is 2.46. The van der Waals surface area contributed by atoms with E-state index in [-0.39, 0.29) is 11.8 Å². The first-order chi connectivity index (χ1) is 9.49. The Morgan fingerprint density at radius 2 is 2.20 bits per heavy atom. The van der Waals surface area contributed by atoms with E-state index < -0.39 is 11.6 Å². The number of hydrogen-bond donors (Lipinski definition) is 1. The third kappa shape index (κ3) is 2.82. The number of ether oxygens (including phenoxy) is 1. The van der Waals surface area contributed by atoms with Crippen LogP contribution in [0.4, 0.5) is 0 Å². The maximum absolute atomic E-state index is 12.4. The number of nitrogens with one attached hydrogen (secondary N) is 1. The minimum atomic E-state index is -0.708. The van der Waals surface area contributed by atoms with Crippen LogP contribution in [0.1, 0.15) is 52.9 Å². The third-order valence-electron chi connectivity index (χ3n) is 4.69. The van der Waals surface area contributed by atoms with Crippen LogP contribution in [0.2, 0.25) is 0 Å². The van der Waals surface area contributed by atoms with Gasteiger partial charge in [0, 0.05) is 13.2 Å². The molecule has 1 N–H and O–H groups in total. The smallest absolute Gasteiger partial charge is 0.246 e. The van der Waals surface area contributed by atoms with Gasteiger partial charge in [0.15, 0.2) is 0 Å². The van der Waals surface area contributed by atoms with Gasteiger partial charge in [-0.1, -0.05) is 6.92 Å². The van der Waals surface area contributed by atoms with Crippen LogP contribution >= 0.6 is 0 Å². The van der Waals surface area contributed by atoms with Gasteiger partial charge in [0.05, 0.1) is 6.10 Å². The Balaban J connectivity index is 1.97. The normalized spacial score (nSPS) is 34.5. The molecule has 3 unspecified atom stereocenters. The number of hydrogen-bond acceptors (Lipinski definition) is 3. The lowest BCUT2D eigenvalue weighted by Gasteiger charge is -2.45. The monoisotopic (exact) mass is 282 g/mol. The van der Waals surface area contributed by atoms with Crippen molar-refractivity contribution < 1.29 is 14.3 Å². The van der Waals surface area contributed by atoms with Crippen LogP contribution in [0.5, 0.6) is 0 Å². The molecule has 5 heteroatoms. The van der Waals surface area contributed by atoms with Gasteiger partial charge in [-0.15, -0.1) is 0 Å². The molecule has 0 radical (unpaired) electrons. The molecule has 2 aliphatic rings. The fourth-order valence-corrected chi connectivity index (χ4v) is 3.07. The zero-order valence-electron chi connectivity index (χ0n) is 12.8. The number of nitrogens with zero attached hydrogens (tertiary/aromatic N) is 1. The summed E-state index contributed by atoms with van der Waals surface area (Å²) in [5.74, 6) is -0.00879. The standard InChI is InChI=1S/C15H26N2O3/c1-4-15(3)14(19)16-11(2)13(18)17(15)9-5-7-12-8-6-10-20-12/h11-12H,4-10H2,1-3H3,(H,16,19). The second-order valence-electron chi connectivity index (χ2n) is 6.09. The largest absolute Gasteiger partial charge is 0.378 e. The molecule has 3 atom stereocenters. The Hall–Kier alpha value is -1.10. The first-order valence-corrected chi connectivity index (χ1v) is 7.73. The molecule has 114 valence electrons. The zero-order chi connectivity index (χ0) is 14.8. The van der Waals surface area contributed by atoms with Gasteiger partial charge < -0.3 is 15.0 Å². The summed E-state index contributed by atoms with van der Waals surface area (Å²) in [5, 5.41) is 2.78. The van der Waals surface area contributed by atoms with Crippen molar-refractivity contribution in [1.29, 1.82) is 0 Å². The van der Waals surface area contributed by atoms with E-state index in [9.17, 15) is 9.59 Å². The highest BCUT2D eigenvalue weighted by molar-refractivity contribution is 5.99. The molecule has 0 spiro atoms. The van der Waals surface area contributed by atoms with Crippen molar-refractivity contribution in [3.63, 3.8) is 0 Å². The van der Waals surface area contributed by atoms with E-state index in [1.807, 2.05) is 13.8 Å². The van der Waals surface area contributed by atoms with Crippen LogP contribution in [0.25, 0.3) is 0 Å². The maximum atomic E-state index is 12.4. The van der Waals surface area contributed by atoms with Crippen LogP contribution in [0.15, 0.2) is 0 Å². The van der Waals surface area contributed by atoms with Crippen molar-refractivity contribution in [2.24, 2.45) is 0 Å². The van der Waals surface area contributed by atoms with Crippen LogP contribution in [-0.4, -0.2) is 47.6 Å². The lowest BCUT2D eigenvalue weighted by molar-refractivity contribution is -0.156. The van der Waals surface area contributed by atoms with Crippen molar-refractivity contribution in [2.75, 3.05) is 13.2 Å². The van der Waals surface area contributed by atoms with E-state index in [1.165, 1.54) is 0 Å². The van der Waals surface area contributed by atoms with Crippen LogP contribution in [-0.2, 0) is 14.3 Å². The van der Waals surface area contributed by atoms with Crippen molar-refractivity contribution in [1.82, 2.24) is 10.2 Å². The fraction of sp³-hybridized carbons (Fsp3) is 0.867. The topological polar surface area (TPSA) is 58.6 Å². The van der Waals surface area contributed by atoms with Gasteiger partial charge in [-0.3, -0.25) is 9.59 Å². The van der Waals surface area contributed by atoms with Gasteiger partial charge in [-0.25, -0.2) is 0 Å². The summed E-state index contributed by atoms with van der Waals surface area (Å²) in [4.78, 5) is 26.3. The summed E-state index contributed by atoms with van der Waals surface area (Å²) in [6.07, 6.45) is 5.10. The molecular formula is C15H26N2O3. The molecule has 2 saturated heterocycles. The summed E-state index contributed by atoms with van der Waals surface area (Å²) in [7, 11) is 0. The molecule has 2 aliphatic heterocycles. The molecule has 2 amide bonds. The van der Waals surface area contributed by atoms with Gasteiger partial charge in [-0.2, -0.15) is 0 Å². The Labute approximate surface area is 121 Å². The molecule has 2 fully saturated rings. The number of carbonyl (C=O) groups is 2. The lowest BCUT2D eigenvalue weighted by atomic mass is 9.90. The quantitative estimate of drug-likeness (QED) is 0.830. The summed E-state index contributed by atoms with van der Waals surface area (Å²) in [6, 6.07) is -0.412. The van der Waals surface area contributed by atoms with E-state index in [0.717, 1.165) is 32.3 Å². The fourth-order valence-electron chi connectivity index (χ4n) is 3.07. The Morgan fingerprint density at radius 3 is 2.80 bits per heavy atom. The number of piperazine rings is 1. The lowest BCUT2D eigenvalue weighted by Crippen LogP contribution is -2.68. The predicted molar refractivity (Wildman–Crippen MR) is 76.2 cm³/mol. The Bertz CT molecular complexity index is 379. The van der Waals surface area contributed by atoms with Gasteiger partial charge >= 0.3 is 0 Å². The molecule has 2 heterocycles. The molecule has 0 aromatic heterocycles. The van der Waals surface area contributed by atoms with Gasteiger partial charge in [0.1, 0.15) is 11.6 Å². The van der Waals surface area contributed by atoms with Crippen molar-refractivity contribution in [2.45, 2.75) is 70.6 Å². The number of rotatable bonds is 5. The molecule has 0 aliphatic carbocycles. The van der Waals surface area contributed by atoms with E-state index in [4.69, 9.17) is 4.74 Å². The average molecular weight is 282 g/mol. The van der Waals surface area contributed by atoms with Crippen molar-refractivity contribution >= 4 is 11.8 Å². The van der Waals surface area contributed by atoms with Gasteiger partial charge in [0.25, 0.3) is 0 Å². The second kappa shape index (κ2) is 6.12. The number of amides is 2. The van der Waals surface area contributed by atoms with Gasteiger partial charge in [0.2, 0.25) is 11.8 Å². The van der Waals surface area contributed by atoms with Gasteiger partial charge in [-0.05, 0) is 46.0 Å². The van der Waals surface area contributed by atoms with Crippen LogP contribution in [0, 0.1) is 0 Å². The predicted octanol–water partition coefficient (Wildman–Crippen LogP) is 1.46. The molecule has 20 heavy (non-hydrogen) atoms. The second-order valence-corrected chi connectivity index (χ2v) is 6.09. The molecule has 0 saturated carbocycles. The summed E-state index contributed by atoms with van der Waals surface area (Å²) in [5.41, 5.74) is -0.708. The average Bonchev–Trinajstić information content (AvgIpc) is 2.93. The minimum absolute atomic E-state index is 0.0290. The SMILES string of the molecule is CCC1(C)C(=O)NC(C)C(=O)N1CCCC1CCCO1. The summed E-state index contributed by atoms with van der Waals surface area (Å²) >= 11 is 0. The molecule has 5 nitrogen and oxygen atoms in total. The van der Waals surface area contributed by atoms with Crippen LogP contribution < -0.4 is 5.32 Å². The Kier molecular flexibility index (Phi) is 4.68. The highest BCUT2D eigenvalue weighted by Crippen LogP contribution is 2.26. The summed E-state index contributed by atoms with van der Waals surface area (Å²) < 4.78 is 5.61. The Morgan fingerprint density at radius 1 is 1.45 bits per heavy atom. The number of carbonyl (C=O) groups excluding carboxylic acids is 2. The maximum Gasteiger partial charge on any atom is 0.246 e. The molecule has 0 aromatic carbocycles. The van der Waals surface area contributed by atoms with Crippen molar-refractivity contribution in [3.8, 4) is 0 Å². The molecule has 2 rings (SSSR count). The first kappa shape index (κ1) is 15.3. The minimum Gasteiger partial charge on any atom is -0.378 e. The van der Waals surface area contributed by atoms with Crippen LogP contribution in [0.3, 0.4) is 0 Å². The van der Waals surface area contributed by atoms with E-state index >= 15 is 0 Å². The molecule has 0 aromatic rings. The summed E-state index contributed by atoms with van der Waals surface area (Å²) in [6.45, 7) is 7.07. The zero-order valence-corrected chi connectivity index (χ0v) is 12.8. The van der Waals surface area contributed by atoms with E-state index in [0.29, 0.717) is 19.1 Å². The highest BCUT2D eigenvalue weighted by atomic mass is 16.5. The molecular weight excluding hydrogens is 256 g/mol.